The van der Waals surface area contributed by atoms with Gasteiger partial charge in [-0.2, -0.15) is 0 Å². The van der Waals surface area contributed by atoms with Gasteiger partial charge < -0.3 is 9.64 Å². The number of nitrogens with zero attached hydrogens (tertiary/aromatic N) is 1. The number of anilines is 1. The first-order valence-corrected chi connectivity index (χ1v) is 9.45. The molecule has 1 amide bonds. The highest BCUT2D eigenvalue weighted by Crippen LogP contribution is 2.15. The van der Waals surface area contributed by atoms with Crippen molar-refractivity contribution in [1.29, 1.82) is 0 Å². The van der Waals surface area contributed by atoms with E-state index in [0.717, 1.165) is 12.1 Å². The van der Waals surface area contributed by atoms with Gasteiger partial charge in [0.05, 0.1) is 6.61 Å². The molecule has 0 unspecified atom stereocenters. The van der Waals surface area contributed by atoms with E-state index >= 15 is 0 Å². The van der Waals surface area contributed by atoms with E-state index in [2.05, 4.69) is 17.4 Å². The average molecular weight is 391 g/mol. The fourth-order valence-electron chi connectivity index (χ4n) is 2.68. The van der Waals surface area contributed by atoms with Gasteiger partial charge in [-0.1, -0.05) is 54.6 Å². The van der Waals surface area contributed by atoms with Crippen molar-refractivity contribution in [2.24, 2.45) is 0 Å². The van der Waals surface area contributed by atoms with Crippen LogP contribution >= 0.6 is 12.2 Å². The van der Waals surface area contributed by atoms with Crippen LogP contribution in [0.2, 0.25) is 0 Å². The second kappa shape index (κ2) is 9.67. The third-order valence-corrected chi connectivity index (χ3v) is 4.64. The monoisotopic (exact) mass is 390 g/mol. The van der Waals surface area contributed by atoms with Gasteiger partial charge in [0.2, 0.25) is 0 Å². The summed E-state index contributed by atoms with van der Waals surface area (Å²) >= 11 is 5.35. The summed E-state index contributed by atoms with van der Waals surface area (Å²) in [5.74, 6) is 0.396. The molecule has 0 aliphatic carbocycles. The first-order chi connectivity index (χ1) is 13.6. The van der Waals surface area contributed by atoms with Gasteiger partial charge in [-0.3, -0.25) is 10.1 Å². The minimum absolute atomic E-state index is 0.263. The molecule has 3 aromatic carbocycles. The topological polar surface area (TPSA) is 41.6 Å². The van der Waals surface area contributed by atoms with Gasteiger partial charge in [0, 0.05) is 24.7 Å². The van der Waals surface area contributed by atoms with Crippen LogP contribution in [0.3, 0.4) is 0 Å². The Bertz CT molecular complexity index is 930. The van der Waals surface area contributed by atoms with Crippen LogP contribution in [0.15, 0.2) is 84.9 Å². The molecular formula is C23H22N2O2S. The molecule has 0 aliphatic rings. The Morgan fingerprint density at radius 1 is 0.964 bits per heavy atom. The largest absolute Gasteiger partial charge is 0.493 e. The van der Waals surface area contributed by atoms with Gasteiger partial charge in [0.1, 0.15) is 5.75 Å². The van der Waals surface area contributed by atoms with Crippen LogP contribution in [-0.4, -0.2) is 24.7 Å². The van der Waals surface area contributed by atoms with Crippen molar-refractivity contribution < 1.29 is 9.53 Å². The molecule has 0 fully saturated rings. The fraction of sp³-hybridized carbons (Fsp3) is 0.130. The predicted octanol–water partition coefficient (Wildman–Crippen LogP) is 4.46. The number of nitrogens with one attached hydrogen (secondary N) is 1. The zero-order chi connectivity index (χ0) is 19.8. The van der Waals surface area contributed by atoms with Crippen LogP contribution < -0.4 is 15.0 Å². The Morgan fingerprint density at radius 3 is 2.36 bits per heavy atom. The zero-order valence-electron chi connectivity index (χ0n) is 15.7. The molecule has 0 atom stereocenters. The Kier molecular flexibility index (Phi) is 6.76. The Balaban J connectivity index is 1.56. The maximum absolute atomic E-state index is 12.6. The highest BCUT2D eigenvalue weighted by Gasteiger charge is 2.12. The zero-order valence-corrected chi connectivity index (χ0v) is 16.5. The molecule has 4 nitrogen and oxygen atoms in total. The van der Waals surface area contributed by atoms with Crippen LogP contribution in [0.25, 0.3) is 0 Å². The lowest BCUT2D eigenvalue weighted by Crippen LogP contribution is -2.40. The molecule has 0 aliphatic heterocycles. The standard InChI is InChI=1S/C23H22N2O2S/c1-25(20-12-6-3-7-13-20)23(28)24-22(26)19-11-8-14-21(17-19)27-16-15-18-9-4-2-5-10-18/h2-14,17H,15-16H2,1H3,(H,24,26,28). The molecule has 142 valence electrons. The van der Waals surface area contributed by atoms with Crippen molar-refractivity contribution in [1.82, 2.24) is 5.32 Å². The lowest BCUT2D eigenvalue weighted by atomic mass is 10.2. The molecule has 3 aromatic rings. The summed E-state index contributed by atoms with van der Waals surface area (Å²) in [4.78, 5) is 14.3. The lowest BCUT2D eigenvalue weighted by Gasteiger charge is -2.20. The highest BCUT2D eigenvalue weighted by atomic mass is 32.1. The minimum Gasteiger partial charge on any atom is -0.493 e. The number of benzene rings is 3. The molecule has 28 heavy (non-hydrogen) atoms. The molecule has 3 rings (SSSR count). The maximum Gasteiger partial charge on any atom is 0.257 e. The van der Waals surface area contributed by atoms with Crippen molar-refractivity contribution >= 4 is 28.9 Å². The fourth-order valence-corrected chi connectivity index (χ4v) is 2.88. The summed E-state index contributed by atoms with van der Waals surface area (Å²) in [6, 6.07) is 26.9. The molecule has 5 heteroatoms. The third-order valence-electron chi connectivity index (χ3n) is 4.27. The number of hydrogen-bond acceptors (Lipinski definition) is 3. The normalized spacial score (nSPS) is 10.2. The van der Waals surface area contributed by atoms with E-state index in [1.165, 1.54) is 5.56 Å². The molecule has 0 radical (unpaired) electrons. The number of ether oxygens (including phenoxy) is 1. The van der Waals surface area contributed by atoms with Crippen molar-refractivity contribution in [2.45, 2.75) is 6.42 Å². The van der Waals surface area contributed by atoms with E-state index < -0.39 is 0 Å². The van der Waals surface area contributed by atoms with E-state index in [-0.39, 0.29) is 5.91 Å². The van der Waals surface area contributed by atoms with Crippen LogP contribution in [-0.2, 0) is 6.42 Å². The number of hydrogen-bond donors (Lipinski definition) is 1. The molecule has 0 heterocycles. The lowest BCUT2D eigenvalue weighted by molar-refractivity contribution is 0.0977. The van der Waals surface area contributed by atoms with Gasteiger partial charge in [0.25, 0.3) is 5.91 Å². The molecular weight excluding hydrogens is 368 g/mol. The van der Waals surface area contributed by atoms with Crippen molar-refractivity contribution in [3.63, 3.8) is 0 Å². The Hall–Kier alpha value is -3.18. The predicted molar refractivity (Wildman–Crippen MR) is 117 cm³/mol. The van der Waals surface area contributed by atoms with Crippen molar-refractivity contribution in [2.75, 3.05) is 18.6 Å². The quantitative estimate of drug-likeness (QED) is 0.631. The summed E-state index contributed by atoms with van der Waals surface area (Å²) in [7, 11) is 1.82. The van der Waals surface area contributed by atoms with Crippen LogP contribution in [0.4, 0.5) is 5.69 Å². The van der Waals surface area contributed by atoms with E-state index in [4.69, 9.17) is 17.0 Å². The summed E-state index contributed by atoms with van der Waals surface area (Å²) in [5, 5.41) is 3.11. The van der Waals surface area contributed by atoms with E-state index in [0.29, 0.717) is 23.0 Å². The van der Waals surface area contributed by atoms with Gasteiger partial charge in [0.15, 0.2) is 5.11 Å². The number of amides is 1. The maximum atomic E-state index is 12.6. The second-order valence-corrected chi connectivity index (χ2v) is 6.65. The molecule has 0 saturated heterocycles. The van der Waals surface area contributed by atoms with Crippen LogP contribution in [0, 0.1) is 0 Å². The van der Waals surface area contributed by atoms with E-state index in [1.54, 1.807) is 23.1 Å². The molecule has 1 N–H and O–H groups in total. The first kappa shape index (κ1) is 19.6. The number of rotatable bonds is 6. The third kappa shape index (κ3) is 5.41. The summed E-state index contributed by atoms with van der Waals surface area (Å²) < 4.78 is 5.80. The van der Waals surface area contributed by atoms with Gasteiger partial charge in [-0.25, -0.2) is 0 Å². The average Bonchev–Trinajstić information content (AvgIpc) is 2.74. The number of carbonyl (C=O) groups excluding carboxylic acids is 1. The molecule has 0 aromatic heterocycles. The van der Waals surface area contributed by atoms with Gasteiger partial charge in [-0.15, -0.1) is 0 Å². The smallest absolute Gasteiger partial charge is 0.257 e. The molecule has 0 spiro atoms. The van der Waals surface area contributed by atoms with Crippen molar-refractivity contribution in [3.8, 4) is 5.75 Å². The van der Waals surface area contributed by atoms with E-state index in [1.807, 2.05) is 61.6 Å². The van der Waals surface area contributed by atoms with Gasteiger partial charge in [-0.05, 0) is 48.1 Å². The highest BCUT2D eigenvalue weighted by molar-refractivity contribution is 7.80. The van der Waals surface area contributed by atoms with Crippen LogP contribution in [0.5, 0.6) is 5.75 Å². The SMILES string of the molecule is CN(C(=S)NC(=O)c1cccc(OCCc2ccccc2)c1)c1ccccc1. The first-order valence-electron chi connectivity index (χ1n) is 9.04. The molecule has 0 saturated carbocycles. The number of thiocarbonyl (C=S) groups is 1. The van der Waals surface area contributed by atoms with Crippen LogP contribution in [0.1, 0.15) is 15.9 Å². The Labute approximate surface area is 170 Å². The summed E-state index contributed by atoms with van der Waals surface area (Å²) in [5.41, 5.74) is 2.62. The second-order valence-electron chi connectivity index (χ2n) is 6.27. The number of carbonyl (C=O) groups is 1. The van der Waals surface area contributed by atoms with Crippen molar-refractivity contribution in [3.05, 3.63) is 96.1 Å². The van der Waals surface area contributed by atoms with E-state index in [9.17, 15) is 4.79 Å². The minimum atomic E-state index is -0.263. The summed E-state index contributed by atoms with van der Waals surface area (Å²) in [6.45, 7) is 0.546. The summed E-state index contributed by atoms with van der Waals surface area (Å²) in [6.07, 6.45) is 0.809. The van der Waals surface area contributed by atoms with Gasteiger partial charge >= 0.3 is 0 Å². The molecule has 0 bridgehead atoms. The Morgan fingerprint density at radius 2 is 1.64 bits per heavy atom. The number of para-hydroxylation sites is 1.